The minimum Gasteiger partial charge on any atom is -0.373 e. The number of methoxy groups -OCH3 is 1. The van der Waals surface area contributed by atoms with Gasteiger partial charge in [0.1, 0.15) is 6.10 Å². The molecule has 0 N–H and O–H groups in total. The minimum atomic E-state index is -0.231. The average Bonchev–Trinajstić information content (AvgIpc) is 2.53. The van der Waals surface area contributed by atoms with Crippen LogP contribution in [0.4, 0.5) is 0 Å². The topological polar surface area (TPSA) is 26.3 Å². The quantitative estimate of drug-likeness (QED) is 0.697. The fourth-order valence-electron chi connectivity index (χ4n) is 2.32. The molecule has 1 atom stereocenters. The van der Waals surface area contributed by atoms with E-state index in [0.717, 1.165) is 12.8 Å². The molecule has 1 aliphatic rings. The minimum absolute atomic E-state index is 0.0750. The smallest absolute Gasteiger partial charge is 0.165 e. The molecule has 14 heavy (non-hydrogen) atoms. The van der Waals surface area contributed by atoms with Crippen LogP contribution in [0.25, 0.3) is 0 Å². The van der Waals surface area contributed by atoms with Gasteiger partial charge in [-0.2, -0.15) is 0 Å². The van der Waals surface area contributed by atoms with Gasteiger partial charge in [0.05, 0.1) is 0 Å². The summed E-state index contributed by atoms with van der Waals surface area (Å²) in [6.45, 7) is 6.19. The maximum Gasteiger partial charge on any atom is 0.165 e. The van der Waals surface area contributed by atoms with E-state index in [9.17, 15) is 4.79 Å². The second-order valence-electron chi connectivity index (χ2n) is 5.37. The first-order valence-electron chi connectivity index (χ1n) is 5.53. The maximum absolute atomic E-state index is 12.1. The highest BCUT2D eigenvalue weighted by Gasteiger charge is 2.36. The van der Waals surface area contributed by atoms with Crippen molar-refractivity contribution in [2.75, 3.05) is 7.11 Å². The number of Topliss-reactive ketones (excluding diaryl/α,β-unsaturated/α-hetero) is 1. The highest BCUT2D eigenvalue weighted by Crippen LogP contribution is 2.32. The second kappa shape index (κ2) is 4.43. The summed E-state index contributed by atoms with van der Waals surface area (Å²) >= 11 is 0. The molecule has 1 fully saturated rings. The van der Waals surface area contributed by atoms with Gasteiger partial charge < -0.3 is 4.74 Å². The maximum atomic E-state index is 12.1. The number of hydrogen-bond acceptors (Lipinski definition) is 2. The van der Waals surface area contributed by atoms with Crippen LogP contribution in [-0.4, -0.2) is 19.0 Å². The van der Waals surface area contributed by atoms with Crippen LogP contribution >= 0.6 is 0 Å². The normalized spacial score (nSPS) is 21.1. The van der Waals surface area contributed by atoms with E-state index in [1.54, 1.807) is 7.11 Å². The zero-order valence-electron chi connectivity index (χ0n) is 9.80. The Morgan fingerprint density at radius 1 is 1.29 bits per heavy atom. The standard InChI is InChI=1S/C12H22O2/c1-12(2,3)11(14-4)10(13)9-7-5-6-8-9/h9,11H,5-8H2,1-4H3. The van der Waals surface area contributed by atoms with Crippen molar-refractivity contribution in [1.29, 1.82) is 0 Å². The molecule has 2 heteroatoms. The number of rotatable bonds is 3. The monoisotopic (exact) mass is 198 g/mol. The molecule has 1 saturated carbocycles. The van der Waals surface area contributed by atoms with E-state index in [1.807, 2.05) is 0 Å². The molecular formula is C12H22O2. The average molecular weight is 198 g/mol. The summed E-state index contributed by atoms with van der Waals surface area (Å²) in [5.74, 6) is 0.580. The summed E-state index contributed by atoms with van der Waals surface area (Å²) in [4.78, 5) is 12.1. The van der Waals surface area contributed by atoms with Gasteiger partial charge in [-0.25, -0.2) is 0 Å². The summed E-state index contributed by atoms with van der Waals surface area (Å²) in [5, 5.41) is 0. The van der Waals surface area contributed by atoms with Crippen molar-refractivity contribution in [3.05, 3.63) is 0 Å². The fourth-order valence-corrected chi connectivity index (χ4v) is 2.32. The Labute approximate surface area is 87.0 Å². The number of ketones is 1. The molecule has 0 aliphatic heterocycles. The van der Waals surface area contributed by atoms with Crippen molar-refractivity contribution in [2.45, 2.75) is 52.6 Å². The van der Waals surface area contributed by atoms with Crippen LogP contribution in [-0.2, 0) is 9.53 Å². The largest absolute Gasteiger partial charge is 0.373 e. The predicted octanol–water partition coefficient (Wildman–Crippen LogP) is 2.81. The van der Waals surface area contributed by atoms with Gasteiger partial charge in [-0.3, -0.25) is 4.79 Å². The third-order valence-electron chi connectivity index (χ3n) is 3.04. The van der Waals surface area contributed by atoms with Crippen molar-refractivity contribution in [1.82, 2.24) is 0 Å². The van der Waals surface area contributed by atoms with Gasteiger partial charge >= 0.3 is 0 Å². The Hall–Kier alpha value is -0.370. The molecular weight excluding hydrogens is 176 g/mol. The van der Waals surface area contributed by atoms with Crippen LogP contribution in [0.15, 0.2) is 0 Å². The Morgan fingerprint density at radius 2 is 1.79 bits per heavy atom. The number of hydrogen-bond donors (Lipinski definition) is 0. The molecule has 0 radical (unpaired) electrons. The van der Waals surface area contributed by atoms with Crippen LogP contribution < -0.4 is 0 Å². The van der Waals surface area contributed by atoms with Crippen LogP contribution in [0.5, 0.6) is 0 Å². The second-order valence-corrected chi connectivity index (χ2v) is 5.37. The van der Waals surface area contributed by atoms with E-state index in [0.29, 0.717) is 5.78 Å². The van der Waals surface area contributed by atoms with Crippen LogP contribution in [0, 0.1) is 11.3 Å². The van der Waals surface area contributed by atoms with E-state index in [1.165, 1.54) is 12.8 Å². The van der Waals surface area contributed by atoms with E-state index in [-0.39, 0.29) is 17.4 Å². The van der Waals surface area contributed by atoms with Gasteiger partial charge in [0.25, 0.3) is 0 Å². The predicted molar refractivity (Wildman–Crippen MR) is 57.2 cm³/mol. The Morgan fingerprint density at radius 3 is 2.14 bits per heavy atom. The van der Waals surface area contributed by atoms with Gasteiger partial charge in [0.15, 0.2) is 5.78 Å². The third-order valence-corrected chi connectivity index (χ3v) is 3.04. The van der Waals surface area contributed by atoms with E-state index < -0.39 is 0 Å². The molecule has 0 spiro atoms. The van der Waals surface area contributed by atoms with E-state index >= 15 is 0 Å². The van der Waals surface area contributed by atoms with E-state index in [4.69, 9.17) is 4.74 Å². The van der Waals surface area contributed by atoms with Gasteiger partial charge in [0.2, 0.25) is 0 Å². The summed E-state index contributed by atoms with van der Waals surface area (Å²) in [7, 11) is 1.64. The lowest BCUT2D eigenvalue weighted by Crippen LogP contribution is -2.39. The molecule has 82 valence electrons. The van der Waals surface area contributed by atoms with Crippen molar-refractivity contribution < 1.29 is 9.53 Å². The molecule has 0 aromatic heterocycles. The fraction of sp³-hybridized carbons (Fsp3) is 0.917. The zero-order valence-corrected chi connectivity index (χ0v) is 9.80. The first-order valence-corrected chi connectivity index (χ1v) is 5.53. The van der Waals surface area contributed by atoms with Crippen molar-refractivity contribution in [3.8, 4) is 0 Å². The first kappa shape index (κ1) is 11.7. The lowest BCUT2D eigenvalue weighted by atomic mass is 9.82. The van der Waals surface area contributed by atoms with Gasteiger partial charge in [-0.05, 0) is 18.3 Å². The van der Waals surface area contributed by atoms with Gasteiger partial charge in [-0.15, -0.1) is 0 Å². The highest BCUT2D eigenvalue weighted by atomic mass is 16.5. The summed E-state index contributed by atoms with van der Waals surface area (Å²) in [6.07, 6.45) is 4.31. The molecule has 2 nitrogen and oxygen atoms in total. The number of carbonyl (C=O) groups excluding carboxylic acids is 1. The third kappa shape index (κ3) is 2.57. The Bertz CT molecular complexity index is 197. The van der Waals surface area contributed by atoms with Crippen LogP contribution in [0.3, 0.4) is 0 Å². The van der Waals surface area contributed by atoms with E-state index in [2.05, 4.69) is 20.8 Å². The molecule has 0 bridgehead atoms. The molecule has 0 heterocycles. The van der Waals surface area contributed by atoms with Crippen LogP contribution in [0.1, 0.15) is 46.5 Å². The Balaban J connectivity index is 2.64. The van der Waals surface area contributed by atoms with Gasteiger partial charge in [-0.1, -0.05) is 33.6 Å². The number of carbonyl (C=O) groups is 1. The van der Waals surface area contributed by atoms with Crippen molar-refractivity contribution in [2.24, 2.45) is 11.3 Å². The van der Waals surface area contributed by atoms with Gasteiger partial charge in [0, 0.05) is 13.0 Å². The zero-order chi connectivity index (χ0) is 10.8. The summed E-state index contributed by atoms with van der Waals surface area (Å²) in [6, 6.07) is 0. The van der Waals surface area contributed by atoms with Crippen molar-refractivity contribution in [3.63, 3.8) is 0 Å². The molecule has 1 unspecified atom stereocenters. The number of ether oxygens (including phenoxy) is 1. The lowest BCUT2D eigenvalue weighted by molar-refractivity contribution is -0.139. The first-order chi connectivity index (χ1) is 6.46. The van der Waals surface area contributed by atoms with Crippen LogP contribution in [0.2, 0.25) is 0 Å². The highest BCUT2D eigenvalue weighted by molar-refractivity contribution is 5.86. The Kier molecular flexibility index (Phi) is 3.71. The lowest BCUT2D eigenvalue weighted by Gasteiger charge is -2.29. The molecule has 0 aromatic rings. The molecule has 0 amide bonds. The molecule has 0 saturated heterocycles. The molecule has 0 aromatic carbocycles. The molecule has 1 aliphatic carbocycles. The summed E-state index contributed by atoms with van der Waals surface area (Å²) < 4.78 is 5.34. The van der Waals surface area contributed by atoms with Crippen molar-refractivity contribution >= 4 is 5.78 Å². The SMILES string of the molecule is COC(C(=O)C1CCCC1)C(C)(C)C. The summed E-state index contributed by atoms with van der Waals surface area (Å²) in [5.41, 5.74) is -0.0750. The molecule has 1 rings (SSSR count).